The Labute approximate surface area is 122 Å². The molecule has 0 saturated carbocycles. The van der Waals surface area contributed by atoms with Gasteiger partial charge in [0.25, 0.3) is 0 Å². The van der Waals surface area contributed by atoms with Crippen LogP contribution >= 0.6 is 15.9 Å². The Morgan fingerprint density at radius 2 is 2.05 bits per heavy atom. The number of aromatic nitrogens is 3. The van der Waals surface area contributed by atoms with E-state index < -0.39 is 0 Å². The first-order valence-corrected chi connectivity index (χ1v) is 7.11. The monoisotopic (exact) mass is 322 g/mol. The van der Waals surface area contributed by atoms with Gasteiger partial charge in [-0.1, -0.05) is 33.3 Å². The summed E-state index contributed by atoms with van der Waals surface area (Å²) in [5.74, 6) is 0. The van der Waals surface area contributed by atoms with Crippen molar-refractivity contribution in [3.05, 3.63) is 46.2 Å². The van der Waals surface area contributed by atoms with Gasteiger partial charge in [-0.3, -0.25) is 0 Å². The minimum absolute atomic E-state index is 0.0183. The molecule has 0 fully saturated rings. The van der Waals surface area contributed by atoms with Crippen molar-refractivity contribution in [1.82, 2.24) is 20.3 Å². The number of nitrogens with one attached hydrogen (secondary N) is 1. The second-order valence-electron chi connectivity index (χ2n) is 5.56. The van der Waals surface area contributed by atoms with Crippen LogP contribution in [0.4, 0.5) is 0 Å². The van der Waals surface area contributed by atoms with E-state index in [0.717, 1.165) is 23.3 Å². The molecule has 0 aliphatic heterocycles. The zero-order valence-electron chi connectivity index (χ0n) is 11.5. The summed E-state index contributed by atoms with van der Waals surface area (Å²) in [7, 11) is 0. The van der Waals surface area contributed by atoms with Gasteiger partial charge in [0.2, 0.25) is 0 Å². The molecule has 1 aromatic carbocycles. The number of nitrogens with zero attached hydrogens (tertiary/aromatic N) is 3. The molecule has 0 atom stereocenters. The molecule has 102 valence electrons. The van der Waals surface area contributed by atoms with E-state index in [2.05, 4.69) is 64.5 Å². The third kappa shape index (κ3) is 4.14. The first-order chi connectivity index (χ1) is 8.95. The third-order valence-corrected chi connectivity index (χ3v) is 3.25. The molecular weight excluding hydrogens is 304 g/mol. The highest BCUT2D eigenvalue weighted by Gasteiger charge is 2.14. The van der Waals surface area contributed by atoms with Crippen LogP contribution in [-0.2, 0) is 18.6 Å². The number of rotatable bonds is 4. The van der Waals surface area contributed by atoms with E-state index in [1.54, 1.807) is 0 Å². The summed E-state index contributed by atoms with van der Waals surface area (Å²) in [4.78, 5) is 0. The lowest BCUT2D eigenvalue weighted by atomic mass is 10.1. The number of hydrogen-bond acceptors (Lipinski definition) is 3. The van der Waals surface area contributed by atoms with E-state index >= 15 is 0 Å². The van der Waals surface area contributed by atoms with Crippen LogP contribution in [0.5, 0.6) is 0 Å². The smallest absolute Gasteiger partial charge is 0.0965 e. The maximum absolute atomic E-state index is 4.17. The molecule has 2 rings (SSSR count). The summed E-state index contributed by atoms with van der Waals surface area (Å²) in [5, 5.41) is 11.7. The Kier molecular flexibility index (Phi) is 4.37. The lowest BCUT2D eigenvalue weighted by Crippen LogP contribution is -2.22. The average molecular weight is 323 g/mol. The van der Waals surface area contributed by atoms with Crippen LogP contribution in [0, 0.1) is 0 Å². The van der Waals surface area contributed by atoms with Crippen molar-refractivity contribution >= 4 is 15.9 Å². The van der Waals surface area contributed by atoms with Gasteiger partial charge in [0.1, 0.15) is 0 Å². The minimum atomic E-state index is -0.0183. The van der Waals surface area contributed by atoms with Gasteiger partial charge in [-0.25, -0.2) is 4.68 Å². The summed E-state index contributed by atoms with van der Waals surface area (Å²) >= 11 is 3.47. The highest BCUT2D eigenvalue weighted by molar-refractivity contribution is 9.10. The second-order valence-corrected chi connectivity index (χ2v) is 6.47. The maximum atomic E-state index is 4.17. The fourth-order valence-corrected chi connectivity index (χ4v) is 2.14. The van der Waals surface area contributed by atoms with Gasteiger partial charge < -0.3 is 5.32 Å². The number of halogens is 1. The Balaban J connectivity index is 1.88. The predicted octanol–water partition coefficient (Wildman–Crippen LogP) is 3.09. The zero-order chi connectivity index (χ0) is 13.9. The summed E-state index contributed by atoms with van der Waals surface area (Å²) in [6.45, 7) is 7.88. The highest BCUT2D eigenvalue weighted by Crippen LogP contribution is 2.13. The van der Waals surface area contributed by atoms with Crippen LogP contribution in [-0.4, -0.2) is 15.0 Å². The van der Waals surface area contributed by atoms with Crippen LogP contribution in [0.1, 0.15) is 32.0 Å². The van der Waals surface area contributed by atoms with Crippen molar-refractivity contribution in [1.29, 1.82) is 0 Å². The van der Waals surface area contributed by atoms with Gasteiger partial charge in [0.15, 0.2) is 0 Å². The summed E-state index contributed by atoms with van der Waals surface area (Å²) in [6.07, 6.45) is 1.99. The summed E-state index contributed by atoms with van der Waals surface area (Å²) in [5.41, 5.74) is 2.19. The molecule has 0 unspecified atom stereocenters. The zero-order valence-corrected chi connectivity index (χ0v) is 13.1. The Bertz CT molecular complexity index is 542. The van der Waals surface area contributed by atoms with E-state index in [9.17, 15) is 0 Å². The van der Waals surface area contributed by atoms with Crippen LogP contribution in [0.15, 0.2) is 34.9 Å². The van der Waals surface area contributed by atoms with Crippen molar-refractivity contribution in [3.63, 3.8) is 0 Å². The van der Waals surface area contributed by atoms with Crippen molar-refractivity contribution in [2.45, 2.75) is 39.4 Å². The molecule has 1 N–H and O–H groups in total. The molecule has 5 heteroatoms. The largest absolute Gasteiger partial charge is 0.307 e. The fourth-order valence-electron chi connectivity index (χ4n) is 1.69. The lowest BCUT2D eigenvalue weighted by molar-refractivity contribution is 0.347. The highest BCUT2D eigenvalue weighted by atomic mass is 79.9. The van der Waals surface area contributed by atoms with E-state index in [-0.39, 0.29) is 5.54 Å². The second kappa shape index (κ2) is 5.84. The van der Waals surface area contributed by atoms with Gasteiger partial charge in [0.05, 0.1) is 17.4 Å². The molecule has 1 aromatic heterocycles. The van der Waals surface area contributed by atoms with Crippen LogP contribution in [0.25, 0.3) is 0 Å². The van der Waals surface area contributed by atoms with Crippen LogP contribution < -0.4 is 5.32 Å². The molecule has 0 amide bonds. The molecule has 1 heterocycles. The third-order valence-electron chi connectivity index (χ3n) is 2.75. The molecule has 19 heavy (non-hydrogen) atoms. The van der Waals surface area contributed by atoms with E-state index in [1.807, 2.05) is 23.0 Å². The summed E-state index contributed by atoms with van der Waals surface area (Å²) < 4.78 is 2.99. The van der Waals surface area contributed by atoms with Gasteiger partial charge in [-0.2, -0.15) is 0 Å². The van der Waals surface area contributed by atoms with Gasteiger partial charge in [-0.05, 0) is 38.5 Å². The van der Waals surface area contributed by atoms with Gasteiger partial charge in [-0.15, -0.1) is 5.10 Å². The molecular formula is C14H19BrN4. The molecule has 4 nitrogen and oxygen atoms in total. The van der Waals surface area contributed by atoms with Crippen molar-refractivity contribution in [2.75, 3.05) is 0 Å². The molecule has 0 aliphatic rings. The molecule has 0 saturated heterocycles. The molecule has 0 radical (unpaired) electrons. The van der Waals surface area contributed by atoms with Crippen LogP contribution in [0.3, 0.4) is 0 Å². The standard InChI is InChI=1S/C14H19BrN4/c1-14(2,3)19-10-13(17-18-19)9-16-8-11-5-4-6-12(15)7-11/h4-7,10,16H,8-9H2,1-3H3. The predicted molar refractivity (Wildman–Crippen MR) is 79.7 cm³/mol. The number of hydrogen-bond donors (Lipinski definition) is 1. The van der Waals surface area contributed by atoms with Crippen LogP contribution in [0.2, 0.25) is 0 Å². The SMILES string of the molecule is CC(C)(C)n1cc(CNCc2cccc(Br)c2)nn1. The molecule has 2 aromatic rings. The summed E-state index contributed by atoms with van der Waals surface area (Å²) in [6, 6.07) is 8.28. The lowest BCUT2D eigenvalue weighted by Gasteiger charge is -2.17. The van der Waals surface area contributed by atoms with Crippen molar-refractivity contribution < 1.29 is 0 Å². The molecule has 0 spiro atoms. The minimum Gasteiger partial charge on any atom is -0.307 e. The van der Waals surface area contributed by atoms with Crippen molar-refractivity contribution in [2.24, 2.45) is 0 Å². The van der Waals surface area contributed by atoms with Crippen molar-refractivity contribution in [3.8, 4) is 0 Å². The quantitative estimate of drug-likeness (QED) is 0.940. The average Bonchev–Trinajstić information content (AvgIpc) is 2.77. The number of benzene rings is 1. The van der Waals surface area contributed by atoms with E-state index in [1.165, 1.54) is 5.56 Å². The Hall–Kier alpha value is -1.20. The first-order valence-electron chi connectivity index (χ1n) is 6.32. The molecule has 0 bridgehead atoms. The first kappa shape index (κ1) is 14.2. The fraction of sp³-hybridized carbons (Fsp3) is 0.429. The van der Waals surface area contributed by atoms with Gasteiger partial charge in [0, 0.05) is 17.6 Å². The van der Waals surface area contributed by atoms with E-state index in [4.69, 9.17) is 0 Å². The Morgan fingerprint density at radius 1 is 1.26 bits per heavy atom. The molecule has 0 aliphatic carbocycles. The van der Waals surface area contributed by atoms with E-state index in [0.29, 0.717) is 0 Å². The van der Waals surface area contributed by atoms with Gasteiger partial charge >= 0.3 is 0 Å². The topological polar surface area (TPSA) is 42.7 Å². The maximum Gasteiger partial charge on any atom is 0.0965 e. The normalized spacial score (nSPS) is 11.8. The Morgan fingerprint density at radius 3 is 2.68 bits per heavy atom.